The smallest absolute Gasteiger partial charge is 0.0666 e. The van der Waals surface area contributed by atoms with Gasteiger partial charge in [-0.05, 0) is 26.4 Å². The van der Waals surface area contributed by atoms with E-state index in [4.69, 9.17) is 10.4 Å². The number of nitrogens with zero attached hydrogens (tertiary/aromatic N) is 3. The summed E-state index contributed by atoms with van der Waals surface area (Å²) in [6, 6.07) is 2.27. The van der Waals surface area contributed by atoms with Crippen molar-refractivity contribution < 1.29 is 5.11 Å². The van der Waals surface area contributed by atoms with Gasteiger partial charge < -0.3 is 10.0 Å². The van der Waals surface area contributed by atoms with Gasteiger partial charge in [0.1, 0.15) is 0 Å². The molecular formula is C11H21N3O. The quantitative estimate of drug-likeness (QED) is 0.719. The van der Waals surface area contributed by atoms with Crippen LogP contribution in [0.15, 0.2) is 0 Å². The van der Waals surface area contributed by atoms with E-state index in [1.807, 2.05) is 6.92 Å². The van der Waals surface area contributed by atoms with Crippen LogP contribution in [0.3, 0.4) is 0 Å². The number of β-amino-alcohol motifs (C(OH)–C–C–N with tert-alkyl or cyclic N) is 1. The van der Waals surface area contributed by atoms with Crippen molar-refractivity contribution in [2.24, 2.45) is 5.92 Å². The lowest BCUT2D eigenvalue weighted by Gasteiger charge is -2.21. The molecule has 0 saturated carbocycles. The maximum atomic E-state index is 8.86. The van der Waals surface area contributed by atoms with Gasteiger partial charge in [0.2, 0.25) is 0 Å². The first-order chi connectivity index (χ1) is 7.26. The van der Waals surface area contributed by atoms with Crippen molar-refractivity contribution >= 4 is 0 Å². The summed E-state index contributed by atoms with van der Waals surface area (Å²) in [5.41, 5.74) is 0. The Bertz CT molecular complexity index is 214. The minimum absolute atomic E-state index is 0.120. The zero-order valence-electron chi connectivity index (χ0n) is 9.52. The number of rotatable bonds is 4. The second-order valence-electron chi connectivity index (χ2n) is 4.25. The van der Waals surface area contributed by atoms with Crippen molar-refractivity contribution in [1.82, 2.24) is 9.80 Å². The van der Waals surface area contributed by atoms with E-state index in [2.05, 4.69) is 15.9 Å². The minimum Gasteiger partial charge on any atom is -0.395 e. The van der Waals surface area contributed by atoms with Crippen LogP contribution in [0.25, 0.3) is 0 Å². The molecule has 1 aliphatic heterocycles. The topological polar surface area (TPSA) is 50.5 Å². The molecular weight excluding hydrogens is 190 g/mol. The second kappa shape index (κ2) is 6.78. The largest absolute Gasteiger partial charge is 0.395 e. The van der Waals surface area contributed by atoms with Crippen molar-refractivity contribution in [3.05, 3.63) is 0 Å². The Kier molecular flexibility index (Phi) is 5.62. The Balaban J connectivity index is 2.29. The van der Waals surface area contributed by atoms with Gasteiger partial charge in [-0.1, -0.05) is 0 Å². The maximum absolute atomic E-state index is 8.86. The van der Waals surface area contributed by atoms with E-state index in [-0.39, 0.29) is 12.5 Å². The van der Waals surface area contributed by atoms with Crippen molar-refractivity contribution in [1.29, 1.82) is 5.26 Å². The molecule has 0 aromatic carbocycles. The molecule has 1 fully saturated rings. The predicted octanol–water partition coefficient (Wildman–Crippen LogP) is 0.146. The van der Waals surface area contributed by atoms with Gasteiger partial charge in [-0.2, -0.15) is 5.26 Å². The summed E-state index contributed by atoms with van der Waals surface area (Å²) in [5, 5.41) is 17.6. The van der Waals surface area contributed by atoms with Gasteiger partial charge in [0, 0.05) is 26.2 Å². The fourth-order valence-electron chi connectivity index (χ4n) is 2.00. The molecule has 0 spiro atoms. The first-order valence-corrected chi connectivity index (χ1v) is 5.71. The Morgan fingerprint density at radius 2 is 1.93 bits per heavy atom. The highest BCUT2D eigenvalue weighted by Crippen LogP contribution is 2.05. The number of hydrogen-bond donors (Lipinski definition) is 1. The van der Waals surface area contributed by atoms with Crippen LogP contribution in [0.5, 0.6) is 0 Å². The molecule has 1 aliphatic rings. The van der Waals surface area contributed by atoms with Crippen molar-refractivity contribution in [2.75, 3.05) is 45.9 Å². The fraction of sp³-hybridized carbons (Fsp3) is 0.909. The van der Waals surface area contributed by atoms with Crippen LogP contribution >= 0.6 is 0 Å². The van der Waals surface area contributed by atoms with E-state index in [1.54, 1.807) is 0 Å². The Labute approximate surface area is 92.1 Å². The van der Waals surface area contributed by atoms with Gasteiger partial charge in [-0.25, -0.2) is 0 Å². The normalized spacial score (nSPS) is 21.9. The molecule has 4 heteroatoms. The van der Waals surface area contributed by atoms with Gasteiger partial charge in [0.25, 0.3) is 0 Å². The second-order valence-corrected chi connectivity index (χ2v) is 4.25. The summed E-state index contributed by atoms with van der Waals surface area (Å²) in [5.74, 6) is 0.120. The SMILES string of the molecule is CC(C#N)CN1CCCN(CCO)CC1. The zero-order valence-corrected chi connectivity index (χ0v) is 9.52. The van der Waals surface area contributed by atoms with E-state index in [9.17, 15) is 0 Å². The summed E-state index contributed by atoms with van der Waals surface area (Å²) in [6.45, 7) is 8.05. The third-order valence-electron chi connectivity index (χ3n) is 2.85. The molecule has 0 aliphatic carbocycles. The van der Waals surface area contributed by atoms with Crippen molar-refractivity contribution in [3.8, 4) is 6.07 Å². The molecule has 15 heavy (non-hydrogen) atoms. The summed E-state index contributed by atoms with van der Waals surface area (Å²) >= 11 is 0. The Hall–Kier alpha value is -0.630. The van der Waals surface area contributed by atoms with Crippen molar-refractivity contribution in [2.45, 2.75) is 13.3 Å². The molecule has 0 radical (unpaired) electrons. The van der Waals surface area contributed by atoms with Crippen LogP contribution in [0.4, 0.5) is 0 Å². The molecule has 1 saturated heterocycles. The average Bonchev–Trinajstić information content (AvgIpc) is 2.45. The molecule has 0 bridgehead atoms. The molecule has 1 heterocycles. The highest BCUT2D eigenvalue weighted by atomic mass is 16.3. The third-order valence-corrected chi connectivity index (χ3v) is 2.85. The van der Waals surface area contributed by atoms with E-state index in [0.29, 0.717) is 0 Å². The van der Waals surface area contributed by atoms with Crippen LogP contribution in [0.1, 0.15) is 13.3 Å². The van der Waals surface area contributed by atoms with E-state index in [1.165, 1.54) is 0 Å². The van der Waals surface area contributed by atoms with Gasteiger partial charge in [-0.15, -0.1) is 0 Å². The van der Waals surface area contributed by atoms with Gasteiger partial charge in [0.05, 0.1) is 18.6 Å². The van der Waals surface area contributed by atoms with Gasteiger partial charge in [0.15, 0.2) is 0 Å². The van der Waals surface area contributed by atoms with Crippen LogP contribution in [-0.4, -0.2) is 60.8 Å². The standard InChI is InChI=1S/C11H21N3O/c1-11(9-12)10-14-4-2-3-13(5-6-14)7-8-15/h11,15H,2-8,10H2,1H3. The van der Waals surface area contributed by atoms with Crippen LogP contribution in [-0.2, 0) is 0 Å². The van der Waals surface area contributed by atoms with Crippen LogP contribution in [0, 0.1) is 17.2 Å². The maximum Gasteiger partial charge on any atom is 0.0666 e. The first kappa shape index (κ1) is 12.4. The van der Waals surface area contributed by atoms with Crippen LogP contribution < -0.4 is 0 Å². The lowest BCUT2D eigenvalue weighted by atomic mass is 10.2. The Morgan fingerprint density at radius 3 is 2.60 bits per heavy atom. The lowest BCUT2D eigenvalue weighted by molar-refractivity contribution is 0.195. The molecule has 1 N–H and O–H groups in total. The van der Waals surface area contributed by atoms with Crippen molar-refractivity contribution in [3.63, 3.8) is 0 Å². The summed E-state index contributed by atoms with van der Waals surface area (Å²) in [6.07, 6.45) is 1.14. The van der Waals surface area contributed by atoms with Gasteiger partial charge in [-0.3, -0.25) is 4.90 Å². The molecule has 1 atom stereocenters. The predicted molar refractivity (Wildman–Crippen MR) is 59.4 cm³/mol. The summed E-state index contributed by atoms with van der Waals surface area (Å²) in [7, 11) is 0. The number of aliphatic hydroxyl groups is 1. The molecule has 86 valence electrons. The monoisotopic (exact) mass is 211 g/mol. The summed E-state index contributed by atoms with van der Waals surface area (Å²) < 4.78 is 0. The highest BCUT2D eigenvalue weighted by molar-refractivity contribution is 4.82. The van der Waals surface area contributed by atoms with E-state index < -0.39 is 0 Å². The summed E-state index contributed by atoms with van der Waals surface area (Å²) in [4.78, 5) is 4.64. The van der Waals surface area contributed by atoms with E-state index in [0.717, 1.165) is 45.7 Å². The molecule has 1 rings (SSSR count). The molecule has 0 aromatic heterocycles. The molecule has 1 unspecified atom stereocenters. The average molecular weight is 211 g/mol. The zero-order chi connectivity index (χ0) is 11.1. The molecule has 0 aromatic rings. The fourth-order valence-corrected chi connectivity index (χ4v) is 2.00. The third kappa shape index (κ3) is 4.61. The highest BCUT2D eigenvalue weighted by Gasteiger charge is 2.15. The lowest BCUT2D eigenvalue weighted by Crippen LogP contribution is -2.34. The molecule has 0 amide bonds. The number of nitriles is 1. The Morgan fingerprint density at radius 1 is 1.27 bits per heavy atom. The van der Waals surface area contributed by atoms with Gasteiger partial charge >= 0.3 is 0 Å². The molecule has 4 nitrogen and oxygen atoms in total. The first-order valence-electron chi connectivity index (χ1n) is 5.71. The minimum atomic E-state index is 0.120. The van der Waals surface area contributed by atoms with Crippen LogP contribution in [0.2, 0.25) is 0 Å². The number of aliphatic hydroxyl groups excluding tert-OH is 1. The van der Waals surface area contributed by atoms with E-state index >= 15 is 0 Å². The number of hydrogen-bond acceptors (Lipinski definition) is 4.